The van der Waals surface area contributed by atoms with Crippen molar-refractivity contribution < 1.29 is 9.59 Å². The Morgan fingerprint density at radius 1 is 1.00 bits per heavy atom. The fourth-order valence-electron chi connectivity index (χ4n) is 4.59. The fourth-order valence-corrected chi connectivity index (χ4v) is 4.59. The zero-order chi connectivity index (χ0) is 20.8. The number of carbonyl (C=O) groups excluding carboxylic acids is 2. The summed E-state index contributed by atoms with van der Waals surface area (Å²) in [6.45, 7) is 3.96. The first kappa shape index (κ1) is 20.5. The minimum absolute atomic E-state index is 0.0411. The average molecular weight is 407 g/mol. The largest absolute Gasteiger partial charge is 0.352 e. The average Bonchev–Trinajstić information content (AvgIpc) is 2.83. The molecule has 6 nitrogen and oxygen atoms in total. The van der Waals surface area contributed by atoms with Crippen molar-refractivity contribution in [2.45, 2.75) is 38.3 Å². The van der Waals surface area contributed by atoms with Crippen LogP contribution in [-0.2, 0) is 11.3 Å². The molecule has 1 atom stereocenters. The molecular weight excluding hydrogens is 376 g/mol. The van der Waals surface area contributed by atoms with E-state index in [-0.39, 0.29) is 17.7 Å². The van der Waals surface area contributed by atoms with E-state index in [0.29, 0.717) is 12.6 Å². The molecule has 0 bridgehead atoms. The Hall–Kier alpha value is -2.73. The zero-order valence-electron chi connectivity index (χ0n) is 17.4. The normalized spacial score (nSPS) is 20.7. The van der Waals surface area contributed by atoms with Crippen molar-refractivity contribution in [1.82, 2.24) is 20.1 Å². The van der Waals surface area contributed by atoms with Gasteiger partial charge in [0.25, 0.3) is 5.91 Å². The van der Waals surface area contributed by atoms with E-state index in [9.17, 15) is 9.59 Å². The van der Waals surface area contributed by atoms with Crippen molar-refractivity contribution in [2.75, 3.05) is 26.2 Å². The summed E-state index contributed by atoms with van der Waals surface area (Å²) < 4.78 is 0. The molecule has 2 amide bonds. The topological polar surface area (TPSA) is 65.5 Å². The molecule has 2 fully saturated rings. The second-order valence-electron chi connectivity index (χ2n) is 8.30. The monoisotopic (exact) mass is 406 g/mol. The highest BCUT2D eigenvalue weighted by atomic mass is 16.2. The van der Waals surface area contributed by atoms with Crippen LogP contribution in [0.1, 0.15) is 41.6 Å². The van der Waals surface area contributed by atoms with Gasteiger partial charge in [0.2, 0.25) is 5.91 Å². The summed E-state index contributed by atoms with van der Waals surface area (Å²) in [6.07, 6.45) is 7.47. The summed E-state index contributed by atoms with van der Waals surface area (Å²) >= 11 is 0. The molecule has 30 heavy (non-hydrogen) atoms. The number of nitrogens with one attached hydrogen (secondary N) is 1. The number of benzene rings is 1. The summed E-state index contributed by atoms with van der Waals surface area (Å²) in [5.41, 5.74) is 1.79. The first-order chi connectivity index (χ1) is 14.7. The van der Waals surface area contributed by atoms with E-state index < -0.39 is 0 Å². The molecule has 1 aromatic heterocycles. The van der Waals surface area contributed by atoms with Gasteiger partial charge in [0.15, 0.2) is 0 Å². The molecule has 0 radical (unpaired) electrons. The van der Waals surface area contributed by atoms with E-state index in [4.69, 9.17) is 0 Å². The van der Waals surface area contributed by atoms with Gasteiger partial charge in [-0.3, -0.25) is 19.5 Å². The second-order valence-corrected chi connectivity index (χ2v) is 8.30. The highest BCUT2D eigenvalue weighted by molar-refractivity contribution is 5.94. The van der Waals surface area contributed by atoms with E-state index in [1.807, 2.05) is 47.4 Å². The molecule has 2 aliphatic rings. The van der Waals surface area contributed by atoms with E-state index in [2.05, 4.69) is 15.2 Å². The fraction of sp³-hybridized carbons (Fsp3) is 0.458. The van der Waals surface area contributed by atoms with Crippen LogP contribution in [0.25, 0.3) is 0 Å². The Morgan fingerprint density at radius 2 is 1.80 bits per heavy atom. The van der Waals surface area contributed by atoms with E-state index in [0.717, 1.165) is 63.0 Å². The van der Waals surface area contributed by atoms with Crippen LogP contribution >= 0.6 is 0 Å². The molecule has 0 aliphatic carbocycles. The van der Waals surface area contributed by atoms with Crippen molar-refractivity contribution in [1.29, 1.82) is 0 Å². The predicted molar refractivity (Wildman–Crippen MR) is 116 cm³/mol. The molecular formula is C24H30N4O2. The van der Waals surface area contributed by atoms with Gasteiger partial charge in [-0.15, -0.1) is 0 Å². The van der Waals surface area contributed by atoms with Gasteiger partial charge in [0, 0.05) is 50.2 Å². The summed E-state index contributed by atoms with van der Waals surface area (Å²) in [4.78, 5) is 33.9. The van der Waals surface area contributed by atoms with E-state index in [1.165, 1.54) is 0 Å². The molecule has 2 aliphatic heterocycles. The lowest BCUT2D eigenvalue weighted by Gasteiger charge is -2.42. The SMILES string of the molecule is O=C(NCc1cccnc1)[C@H]1CCCN(C2CCN(C(=O)c3ccccc3)CC2)C1. The lowest BCUT2D eigenvalue weighted by molar-refractivity contribution is -0.127. The Kier molecular flexibility index (Phi) is 6.74. The lowest BCUT2D eigenvalue weighted by Crippen LogP contribution is -2.51. The molecule has 158 valence electrons. The zero-order valence-corrected chi connectivity index (χ0v) is 17.4. The second kappa shape index (κ2) is 9.85. The number of pyridine rings is 1. The van der Waals surface area contributed by atoms with Crippen molar-refractivity contribution in [3.63, 3.8) is 0 Å². The molecule has 0 unspecified atom stereocenters. The standard InChI is InChI=1S/C24H30N4O2/c29-23(26-17-19-6-4-12-25-16-19)21-9-5-13-28(18-21)22-10-14-27(15-11-22)24(30)20-7-2-1-3-8-20/h1-4,6-8,12,16,21-22H,5,9-11,13-15,17-18H2,(H,26,29)/t21-/m0/s1. The number of rotatable bonds is 5. The molecule has 2 saturated heterocycles. The van der Waals surface area contributed by atoms with Gasteiger partial charge >= 0.3 is 0 Å². The van der Waals surface area contributed by atoms with Crippen LogP contribution in [0.3, 0.4) is 0 Å². The van der Waals surface area contributed by atoms with Gasteiger partial charge in [-0.25, -0.2) is 0 Å². The van der Waals surface area contributed by atoms with Crippen LogP contribution in [0, 0.1) is 5.92 Å². The maximum Gasteiger partial charge on any atom is 0.253 e. The Labute approximate surface area is 178 Å². The maximum absolute atomic E-state index is 12.7. The minimum atomic E-state index is 0.0411. The van der Waals surface area contributed by atoms with Crippen molar-refractivity contribution in [2.24, 2.45) is 5.92 Å². The first-order valence-corrected chi connectivity index (χ1v) is 11.0. The van der Waals surface area contributed by atoms with Crippen LogP contribution in [-0.4, -0.2) is 58.8 Å². The number of nitrogens with zero attached hydrogens (tertiary/aromatic N) is 3. The highest BCUT2D eigenvalue weighted by Crippen LogP contribution is 2.25. The van der Waals surface area contributed by atoms with Gasteiger partial charge in [-0.1, -0.05) is 24.3 Å². The van der Waals surface area contributed by atoms with Crippen LogP contribution in [0.5, 0.6) is 0 Å². The summed E-state index contributed by atoms with van der Waals surface area (Å²) in [5.74, 6) is 0.306. The van der Waals surface area contributed by atoms with Crippen LogP contribution in [0.2, 0.25) is 0 Å². The van der Waals surface area contributed by atoms with Gasteiger partial charge < -0.3 is 10.2 Å². The van der Waals surface area contributed by atoms with Crippen molar-refractivity contribution in [3.05, 3.63) is 66.0 Å². The van der Waals surface area contributed by atoms with Gasteiger partial charge in [0.1, 0.15) is 0 Å². The molecule has 0 spiro atoms. The number of amides is 2. The molecule has 4 rings (SSSR count). The summed E-state index contributed by atoms with van der Waals surface area (Å²) in [5, 5.41) is 3.07. The number of likely N-dealkylation sites (tertiary alicyclic amines) is 2. The van der Waals surface area contributed by atoms with Gasteiger partial charge in [0.05, 0.1) is 5.92 Å². The minimum Gasteiger partial charge on any atom is -0.352 e. The van der Waals surface area contributed by atoms with E-state index >= 15 is 0 Å². The lowest BCUT2D eigenvalue weighted by atomic mass is 9.93. The number of aromatic nitrogens is 1. The van der Waals surface area contributed by atoms with Gasteiger partial charge in [-0.2, -0.15) is 0 Å². The smallest absolute Gasteiger partial charge is 0.253 e. The third kappa shape index (κ3) is 5.05. The number of hydrogen-bond donors (Lipinski definition) is 1. The van der Waals surface area contributed by atoms with Crippen molar-refractivity contribution in [3.8, 4) is 0 Å². The molecule has 1 aromatic carbocycles. The molecule has 6 heteroatoms. The van der Waals surface area contributed by atoms with Crippen LogP contribution in [0.4, 0.5) is 0 Å². The molecule has 2 aromatic rings. The third-order valence-electron chi connectivity index (χ3n) is 6.30. The first-order valence-electron chi connectivity index (χ1n) is 11.0. The van der Waals surface area contributed by atoms with Crippen molar-refractivity contribution >= 4 is 11.8 Å². The van der Waals surface area contributed by atoms with Crippen LogP contribution < -0.4 is 5.32 Å². The Bertz CT molecular complexity index is 835. The quantitative estimate of drug-likeness (QED) is 0.829. The molecule has 1 N–H and O–H groups in total. The van der Waals surface area contributed by atoms with Crippen LogP contribution in [0.15, 0.2) is 54.9 Å². The highest BCUT2D eigenvalue weighted by Gasteiger charge is 2.32. The van der Waals surface area contributed by atoms with Gasteiger partial charge in [-0.05, 0) is 56.0 Å². The Morgan fingerprint density at radius 3 is 2.53 bits per heavy atom. The Balaban J connectivity index is 1.26. The van der Waals surface area contributed by atoms with E-state index in [1.54, 1.807) is 12.4 Å². The predicted octanol–water partition coefficient (Wildman–Crippen LogP) is 2.71. The number of piperidine rings is 2. The summed E-state index contributed by atoms with van der Waals surface area (Å²) in [7, 11) is 0. The summed E-state index contributed by atoms with van der Waals surface area (Å²) in [6, 6.07) is 13.8. The molecule has 3 heterocycles. The number of hydrogen-bond acceptors (Lipinski definition) is 4. The third-order valence-corrected chi connectivity index (χ3v) is 6.30. The number of carbonyl (C=O) groups is 2. The molecule has 0 saturated carbocycles. The maximum atomic E-state index is 12.7.